The molecular weight excluding hydrogens is 288 g/mol. The van der Waals surface area contributed by atoms with E-state index in [9.17, 15) is 13.5 Å². The van der Waals surface area contributed by atoms with Crippen molar-refractivity contribution in [1.29, 1.82) is 0 Å². The number of hydrogen-bond donors (Lipinski definition) is 1. The third-order valence-electron chi connectivity index (χ3n) is 2.89. The fourth-order valence-electron chi connectivity index (χ4n) is 1.80. The van der Waals surface area contributed by atoms with Gasteiger partial charge in [0.1, 0.15) is 10.6 Å². The first-order chi connectivity index (χ1) is 10.0. The molecule has 0 saturated carbocycles. The lowest BCUT2D eigenvalue weighted by Gasteiger charge is -2.10. The summed E-state index contributed by atoms with van der Waals surface area (Å²) in [4.78, 5) is 0.0979. The first-order valence-electron chi connectivity index (χ1n) is 6.41. The molecule has 110 valence electrons. The highest BCUT2D eigenvalue weighted by atomic mass is 32.2. The zero-order chi connectivity index (χ0) is 15.3. The fraction of sp³-hybridized carbons (Fsp3) is 0.125. The van der Waals surface area contributed by atoms with Gasteiger partial charge in [-0.1, -0.05) is 36.4 Å². The van der Waals surface area contributed by atoms with E-state index < -0.39 is 16.2 Å². The molecule has 0 bridgehead atoms. The summed E-state index contributed by atoms with van der Waals surface area (Å²) < 4.78 is 29.1. The average Bonchev–Trinajstić information content (AvgIpc) is 2.49. The second-order valence-electron chi connectivity index (χ2n) is 4.46. The number of aliphatic hydroxyl groups is 1. The van der Waals surface area contributed by atoms with Gasteiger partial charge in [-0.15, -0.1) is 6.58 Å². The predicted molar refractivity (Wildman–Crippen MR) is 80.5 cm³/mol. The first kappa shape index (κ1) is 15.3. The Balaban J connectivity index is 2.15. The molecule has 2 rings (SSSR count). The minimum absolute atomic E-state index is 0.0979. The Morgan fingerprint density at radius 1 is 1.10 bits per heavy atom. The van der Waals surface area contributed by atoms with E-state index in [0.29, 0.717) is 12.0 Å². The van der Waals surface area contributed by atoms with E-state index in [1.54, 1.807) is 36.4 Å². The van der Waals surface area contributed by atoms with Gasteiger partial charge < -0.3 is 9.29 Å². The lowest BCUT2D eigenvalue weighted by molar-refractivity contribution is 0.181. The molecule has 1 atom stereocenters. The minimum Gasteiger partial charge on any atom is -0.388 e. The molecule has 0 saturated heterocycles. The van der Waals surface area contributed by atoms with Crippen LogP contribution in [-0.2, 0) is 10.1 Å². The molecule has 0 aromatic heterocycles. The Morgan fingerprint density at radius 2 is 1.71 bits per heavy atom. The third kappa shape index (κ3) is 3.93. The highest BCUT2D eigenvalue weighted by Crippen LogP contribution is 2.23. The van der Waals surface area contributed by atoms with E-state index >= 15 is 0 Å². The summed E-state index contributed by atoms with van der Waals surface area (Å²) in [5.74, 6) is 0.202. The van der Waals surface area contributed by atoms with E-state index in [2.05, 4.69) is 6.58 Å². The first-order valence-corrected chi connectivity index (χ1v) is 7.82. The smallest absolute Gasteiger partial charge is 0.339 e. The second-order valence-corrected chi connectivity index (χ2v) is 6.01. The summed E-state index contributed by atoms with van der Waals surface area (Å²) in [6.07, 6.45) is 1.40. The van der Waals surface area contributed by atoms with Gasteiger partial charge >= 0.3 is 10.1 Å². The minimum atomic E-state index is -3.84. The topological polar surface area (TPSA) is 63.6 Å². The second kappa shape index (κ2) is 6.56. The van der Waals surface area contributed by atoms with Crippen molar-refractivity contribution in [2.75, 3.05) is 0 Å². The Morgan fingerprint density at radius 3 is 2.29 bits per heavy atom. The summed E-state index contributed by atoms with van der Waals surface area (Å²) in [6, 6.07) is 14.2. The zero-order valence-corrected chi connectivity index (χ0v) is 12.2. The van der Waals surface area contributed by atoms with Gasteiger partial charge in [0.05, 0.1) is 6.10 Å². The van der Waals surface area contributed by atoms with Gasteiger partial charge in [-0.2, -0.15) is 8.42 Å². The highest BCUT2D eigenvalue weighted by Gasteiger charge is 2.16. The third-order valence-corrected chi connectivity index (χ3v) is 4.15. The van der Waals surface area contributed by atoms with Gasteiger partial charge in [-0.05, 0) is 36.2 Å². The molecule has 2 aromatic rings. The summed E-state index contributed by atoms with van der Waals surface area (Å²) in [7, 11) is -3.84. The molecular formula is C16H16O4S. The fourth-order valence-corrected chi connectivity index (χ4v) is 2.75. The van der Waals surface area contributed by atoms with Gasteiger partial charge in [0.15, 0.2) is 0 Å². The molecule has 1 N–H and O–H groups in total. The maximum atomic E-state index is 12.0. The molecule has 0 fully saturated rings. The van der Waals surface area contributed by atoms with Crippen LogP contribution in [0.5, 0.6) is 5.75 Å². The number of hydrogen-bond acceptors (Lipinski definition) is 4. The Bertz CT molecular complexity index is 691. The molecule has 0 unspecified atom stereocenters. The van der Waals surface area contributed by atoms with Crippen LogP contribution < -0.4 is 4.18 Å². The van der Waals surface area contributed by atoms with E-state index in [-0.39, 0.29) is 10.6 Å². The quantitative estimate of drug-likeness (QED) is 0.658. The van der Waals surface area contributed by atoms with E-state index in [1.807, 2.05) is 0 Å². The Kier molecular flexibility index (Phi) is 4.77. The zero-order valence-electron chi connectivity index (χ0n) is 11.3. The normalized spacial score (nSPS) is 12.6. The average molecular weight is 304 g/mol. The number of aliphatic hydroxyl groups excluding tert-OH is 1. The van der Waals surface area contributed by atoms with Gasteiger partial charge in [0.2, 0.25) is 0 Å². The van der Waals surface area contributed by atoms with E-state index in [1.165, 1.54) is 24.3 Å². The lowest BCUT2D eigenvalue weighted by atomic mass is 10.1. The summed E-state index contributed by atoms with van der Waals surface area (Å²) in [5.41, 5.74) is 0.680. The van der Waals surface area contributed by atoms with Crippen LogP contribution in [0.4, 0.5) is 0 Å². The van der Waals surface area contributed by atoms with E-state index in [4.69, 9.17) is 4.18 Å². The predicted octanol–water partition coefficient (Wildman–Crippen LogP) is 3.06. The van der Waals surface area contributed by atoms with Crippen molar-refractivity contribution in [3.8, 4) is 5.75 Å². The van der Waals surface area contributed by atoms with Crippen molar-refractivity contribution in [3.05, 3.63) is 72.8 Å². The molecule has 2 aromatic carbocycles. The molecule has 0 spiro atoms. The van der Waals surface area contributed by atoms with Crippen molar-refractivity contribution < 1.29 is 17.7 Å². The van der Waals surface area contributed by atoms with Gasteiger partial charge in [-0.3, -0.25) is 0 Å². The maximum Gasteiger partial charge on any atom is 0.339 e. The Hall–Kier alpha value is -2.11. The molecule has 0 heterocycles. The van der Waals surface area contributed by atoms with Gasteiger partial charge in [0, 0.05) is 0 Å². The highest BCUT2D eigenvalue weighted by molar-refractivity contribution is 7.87. The number of rotatable bonds is 6. The van der Waals surface area contributed by atoms with Crippen LogP contribution in [0.25, 0.3) is 0 Å². The van der Waals surface area contributed by atoms with Crippen LogP contribution >= 0.6 is 0 Å². The largest absolute Gasteiger partial charge is 0.388 e. The molecule has 4 nitrogen and oxygen atoms in total. The van der Waals surface area contributed by atoms with Crippen LogP contribution in [0.2, 0.25) is 0 Å². The molecule has 0 aliphatic carbocycles. The van der Waals surface area contributed by atoms with Crippen LogP contribution in [-0.4, -0.2) is 13.5 Å². The standard InChI is InChI=1S/C16H16O4S/c1-2-6-16(17)13-9-11-14(12-10-13)20-21(18,19)15-7-4-3-5-8-15/h2-5,7-12,16-17H,1,6H2/t16-/m0/s1. The molecule has 0 radical (unpaired) electrons. The van der Waals surface area contributed by atoms with Crippen LogP contribution in [0.15, 0.2) is 72.1 Å². The maximum absolute atomic E-state index is 12.0. The van der Waals surface area contributed by atoms with Crippen molar-refractivity contribution in [2.45, 2.75) is 17.4 Å². The van der Waals surface area contributed by atoms with Crippen molar-refractivity contribution >= 4 is 10.1 Å². The molecule has 0 aliphatic rings. The van der Waals surface area contributed by atoms with Crippen molar-refractivity contribution in [2.24, 2.45) is 0 Å². The number of benzene rings is 2. The summed E-state index contributed by atoms with van der Waals surface area (Å²) in [5, 5.41) is 9.79. The van der Waals surface area contributed by atoms with Crippen molar-refractivity contribution in [3.63, 3.8) is 0 Å². The van der Waals surface area contributed by atoms with Gasteiger partial charge in [0.25, 0.3) is 0 Å². The van der Waals surface area contributed by atoms with Gasteiger partial charge in [-0.25, -0.2) is 0 Å². The SMILES string of the molecule is C=CC[C@H](O)c1ccc(OS(=O)(=O)c2ccccc2)cc1. The van der Waals surface area contributed by atoms with E-state index in [0.717, 1.165) is 0 Å². The molecule has 21 heavy (non-hydrogen) atoms. The summed E-state index contributed by atoms with van der Waals surface area (Å²) >= 11 is 0. The summed E-state index contributed by atoms with van der Waals surface area (Å²) in [6.45, 7) is 3.56. The van der Waals surface area contributed by atoms with Crippen LogP contribution in [0, 0.1) is 0 Å². The molecule has 0 amide bonds. The van der Waals surface area contributed by atoms with Crippen LogP contribution in [0.1, 0.15) is 18.1 Å². The Labute approximate surface area is 124 Å². The molecule has 0 aliphatic heterocycles. The van der Waals surface area contributed by atoms with Crippen molar-refractivity contribution in [1.82, 2.24) is 0 Å². The molecule has 5 heteroatoms. The monoisotopic (exact) mass is 304 g/mol. The lowest BCUT2D eigenvalue weighted by Crippen LogP contribution is -2.09. The van der Waals surface area contributed by atoms with Crippen LogP contribution in [0.3, 0.4) is 0 Å².